The van der Waals surface area contributed by atoms with Crippen molar-refractivity contribution in [2.24, 2.45) is 0 Å². The lowest BCUT2D eigenvalue weighted by molar-refractivity contribution is -0.134. The summed E-state index contributed by atoms with van der Waals surface area (Å²) >= 11 is 0. The summed E-state index contributed by atoms with van der Waals surface area (Å²) in [4.78, 5) is 25.0. The van der Waals surface area contributed by atoms with Crippen LogP contribution in [0.15, 0.2) is 119 Å². The zero-order chi connectivity index (χ0) is 27.7. The van der Waals surface area contributed by atoms with Gasteiger partial charge in [0.15, 0.2) is 5.43 Å². The molecule has 0 aliphatic rings. The van der Waals surface area contributed by atoms with E-state index in [-0.39, 0.29) is 23.6 Å². The predicted octanol–water partition coefficient (Wildman–Crippen LogP) is 8.60. The average Bonchev–Trinajstić information content (AvgIpc) is 2.93. The van der Waals surface area contributed by atoms with Crippen LogP contribution in [0.4, 0.5) is 0 Å². The molecule has 0 atom stereocenters. The van der Waals surface area contributed by atoms with Crippen molar-refractivity contribution in [2.75, 3.05) is 0 Å². The van der Waals surface area contributed by atoms with Gasteiger partial charge in [-0.2, -0.15) is 0 Å². The van der Waals surface area contributed by atoms with E-state index in [2.05, 4.69) is 55.5 Å². The fraction of sp³-hybridized carbons (Fsp3) is 0.235. The number of allylic oxidation sites excluding steroid dienone is 10. The number of phenolic OH excluding ortho intramolecular Hbond substituents is 1. The maximum Gasteiger partial charge on any atom is 0.311 e. The van der Waals surface area contributed by atoms with Gasteiger partial charge in [-0.25, -0.2) is 0 Å². The lowest BCUT2D eigenvalue weighted by atomic mass is 10.1. The Balaban J connectivity index is 1.34. The lowest BCUT2D eigenvalue weighted by Crippen LogP contribution is -2.07. The van der Waals surface area contributed by atoms with E-state index in [1.165, 1.54) is 24.5 Å². The Morgan fingerprint density at radius 2 is 1.41 bits per heavy atom. The molecule has 0 unspecified atom stereocenters. The molecule has 0 spiro atoms. The molecule has 0 bridgehead atoms. The highest BCUT2D eigenvalue weighted by Crippen LogP contribution is 2.24. The van der Waals surface area contributed by atoms with Crippen LogP contribution in [0.25, 0.3) is 22.1 Å². The van der Waals surface area contributed by atoms with Gasteiger partial charge in [0, 0.05) is 12.5 Å². The van der Waals surface area contributed by atoms with Crippen LogP contribution in [-0.2, 0) is 4.79 Å². The standard InChI is InChI=1S/C34H36O5/c1-2-3-4-5-6-7-8-9-10-11-12-13-14-15-16-17-18-33(36)39-29-22-19-27(20-23-29)31-26-38-32-25-28(35)21-24-30(32)34(31)37/h3-4,6-7,9-10,12-13,15-16,19-26,35H,2,5,8,11,14,17-18H2,1H3/b4-3-,7-6-,10-9-,13-12-,16-15-. The fourth-order valence-corrected chi connectivity index (χ4v) is 3.77. The second kappa shape index (κ2) is 16.5. The molecule has 0 aliphatic carbocycles. The quantitative estimate of drug-likeness (QED) is 0.130. The number of aromatic hydroxyl groups is 1. The molecule has 202 valence electrons. The third-order valence-electron chi connectivity index (χ3n) is 5.83. The second-order valence-corrected chi connectivity index (χ2v) is 8.90. The number of hydrogen-bond donors (Lipinski definition) is 1. The van der Waals surface area contributed by atoms with Gasteiger partial charge >= 0.3 is 5.97 Å². The van der Waals surface area contributed by atoms with Crippen molar-refractivity contribution in [3.05, 3.63) is 120 Å². The Morgan fingerprint density at radius 1 is 0.821 bits per heavy atom. The van der Waals surface area contributed by atoms with Crippen molar-refractivity contribution in [2.45, 2.75) is 51.9 Å². The number of rotatable bonds is 14. The summed E-state index contributed by atoms with van der Waals surface area (Å²) in [6, 6.07) is 11.1. The second-order valence-electron chi connectivity index (χ2n) is 8.90. The molecule has 3 aromatic rings. The van der Waals surface area contributed by atoms with Crippen molar-refractivity contribution >= 4 is 16.9 Å². The Bertz CT molecular complexity index is 1400. The molecule has 0 fully saturated rings. The minimum atomic E-state index is -0.312. The van der Waals surface area contributed by atoms with Crippen LogP contribution in [0, 0.1) is 0 Å². The third-order valence-corrected chi connectivity index (χ3v) is 5.83. The highest BCUT2D eigenvalue weighted by Gasteiger charge is 2.10. The van der Waals surface area contributed by atoms with Crippen LogP contribution in [0.5, 0.6) is 11.5 Å². The number of benzene rings is 2. The Kier molecular flexibility index (Phi) is 12.3. The van der Waals surface area contributed by atoms with Gasteiger partial charge in [-0.05, 0) is 68.4 Å². The summed E-state index contributed by atoms with van der Waals surface area (Å²) in [6.07, 6.45) is 28.4. The predicted molar refractivity (Wildman–Crippen MR) is 159 cm³/mol. The van der Waals surface area contributed by atoms with Gasteiger partial charge in [0.2, 0.25) is 0 Å². The van der Waals surface area contributed by atoms with Crippen molar-refractivity contribution in [3.8, 4) is 22.6 Å². The van der Waals surface area contributed by atoms with Crippen molar-refractivity contribution in [3.63, 3.8) is 0 Å². The number of carbonyl (C=O) groups excluding carboxylic acids is 1. The fourth-order valence-electron chi connectivity index (χ4n) is 3.77. The number of ether oxygens (including phenoxy) is 1. The third kappa shape index (κ3) is 10.1. The molecular formula is C34H36O5. The van der Waals surface area contributed by atoms with Gasteiger partial charge in [0.05, 0.1) is 10.9 Å². The Hall–Kier alpha value is -4.38. The molecule has 1 aromatic heterocycles. The summed E-state index contributed by atoms with van der Waals surface area (Å²) < 4.78 is 10.9. The molecule has 39 heavy (non-hydrogen) atoms. The van der Waals surface area contributed by atoms with E-state index in [4.69, 9.17) is 9.15 Å². The molecular weight excluding hydrogens is 488 g/mol. The zero-order valence-electron chi connectivity index (χ0n) is 22.4. The summed E-state index contributed by atoms with van der Waals surface area (Å²) in [5.41, 5.74) is 1.17. The zero-order valence-corrected chi connectivity index (χ0v) is 22.4. The summed E-state index contributed by atoms with van der Waals surface area (Å²) in [7, 11) is 0. The largest absolute Gasteiger partial charge is 0.508 e. The van der Waals surface area contributed by atoms with Gasteiger partial charge in [-0.3, -0.25) is 9.59 Å². The summed E-state index contributed by atoms with van der Waals surface area (Å²) in [5.74, 6) is 0.141. The van der Waals surface area contributed by atoms with Crippen LogP contribution in [0.3, 0.4) is 0 Å². The van der Waals surface area contributed by atoms with Crippen LogP contribution in [0.2, 0.25) is 0 Å². The first-order valence-corrected chi connectivity index (χ1v) is 13.4. The molecule has 1 N–H and O–H groups in total. The molecule has 5 heteroatoms. The normalized spacial score (nSPS) is 12.2. The minimum absolute atomic E-state index is 0.0333. The first-order valence-electron chi connectivity index (χ1n) is 13.4. The molecule has 0 saturated heterocycles. The van der Waals surface area contributed by atoms with Gasteiger partial charge in [-0.15, -0.1) is 0 Å². The van der Waals surface area contributed by atoms with E-state index < -0.39 is 0 Å². The number of carbonyl (C=O) groups is 1. The van der Waals surface area contributed by atoms with Gasteiger partial charge in [0.25, 0.3) is 0 Å². The molecule has 0 aliphatic heterocycles. The highest BCUT2D eigenvalue weighted by molar-refractivity contribution is 5.82. The molecule has 0 radical (unpaired) electrons. The van der Waals surface area contributed by atoms with Gasteiger partial charge < -0.3 is 14.3 Å². The molecule has 0 saturated carbocycles. The maximum absolute atomic E-state index is 12.8. The molecule has 0 amide bonds. The van der Waals surface area contributed by atoms with Crippen LogP contribution < -0.4 is 10.2 Å². The number of fused-ring (bicyclic) bond motifs is 1. The number of esters is 1. The van der Waals surface area contributed by atoms with E-state index in [9.17, 15) is 14.7 Å². The molecule has 3 rings (SSSR count). The summed E-state index contributed by atoms with van der Waals surface area (Å²) in [5, 5.41) is 9.95. The van der Waals surface area contributed by atoms with E-state index in [0.717, 1.165) is 32.1 Å². The van der Waals surface area contributed by atoms with Gasteiger partial charge in [0.1, 0.15) is 23.3 Å². The van der Waals surface area contributed by atoms with Crippen LogP contribution in [0.1, 0.15) is 51.9 Å². The van der Waals surface area contributed by atoms with E-state index >= 15 is 0 Å². The minimum Gasteiger partial charge on any atom is -0.508 e. The van der Waals surface area contributed by atoms with Crippen molar-refractivity contribution in [1.29, 1.82) is 0 Å². The van der Waals surface area contributed by atoms with E-state index in [1.807, 2.05) is 12.2 Å². The molecule has 5 nitrogen and oxygen atoms in total. The van der Waals surface area contributed by atoms with Gasteiger partial charge in [-0.1, -0.05) is 79.8 Å². The van der Waals surface area contributed by atoms with Crippen LogP contribution in [-0.4, -0.2) is 11.1 Å². The highest BCUT2D eigenvalue weighted by atomic mass is 16.5. The monoisotopic (exact) mass is 524 g/mol. The summed E-state index contributed by atoms with van der Waals surface area (Å²) in [6.45, 7) is 2.14. The van der Waals surface area contributed by atoms with Crippen molar-refractivity contribution < 1.29 is 19.1 Å². The lowest BCUT2D eigenvalue weighted by Gasteiger charge is -2.06. The Morgan fingerprint density at radius 3 is 2.03 bits per heavy atom. The Labute approximate surface area is 230 Å². The topological polar surface area (TPSA) is 76.7 Å². The maximum atomic E-state index is 12.8. The first kappa shape index (κ1) is 29.2. The van der Waals surface area contributed by atoms with E-state index in [0.29, 0.717) is 34.3 Å². The smallest absolute Gasteiger partial charge is 0.311 e. The SMILES string of the molecule is CC/C=C\C/C=C\C/C=C\C/C=C\C/C=C\CCC(=O)Oc1ccc(-c2coc3cc(O)ccc3c2=O)cc1. The average molecular weight is 525 g/mol. The number of phenols is 1. The number of hydrogen-bond acceptors (Lipinski definition) is 5. The molecule has 1 heterocycles. The van der Waals surface area contributed by atoms with Crippen molar-refractivity contribution in [1.82, 2.24) is 0 Å². The van der Waals surface area contributed by atoms with E-state index in [1.54, 1.807) is 24.3 Å². The van der Waals surface area contributed by atoms with Crippen LogP contribution >= 0.6 is 0 Å². The molecule has 2 aromatic carbocycles. The first-order chi connectivity index (χ1) is 19.1.